The minimum Gasteiger partial charge on any atom is -0.368 e. The van der Waals surface area contributed by atoms with Gasteiger partial charge in [-0.2, -0.15) is 9.97 Å². The van der Waals surface area contributed by atoms with Crippen LogP contribution in [0.25, 0.3) is 11.5 Å². The largest absolute Gasteiger partial charge is 0.368 e. The van der Waals surface area contributed by atoms with Gasteiger partial charge in [0.05, 0.1) is 12.5 Å². The molecule has 6 heteroatoms. The molecule has 2 aromatic rings. The zero-order valence-electron chi connectivity index (χ0n) is 7.97. The first-order chi connectivity index (χ1) is 6.66. The summed E-state index contributed by atoms with van der Waals surface area (Å²) in [5.74, 6) is 1.39. The second kappa shape index (κ2) is 3.06. The summed E-state index contributed by atoms with van der Waals surface area (Å²) in [6.45, 7) is 1.78. The van der Waals surface area contributed by atoms with Crippen molar-refractivity contribution in [2.75, 3.05) is 5.73 Å². The maximum atomic E-state index is 5.52. The lowest BCUT2D eigenvalue weighted by Crippen LogP contribution is -2.03. The molecule has 0 fully saturated rings. The molecule has 2 N–H and O–H groups in total. The van der Waals surface area contributed by atoms with E-state index in [1.165, 1.54) is 0 Å². The van der Waals surface area contributed by atoms with E-state index in [0.717, 1.165) is 5.69 Å². The normalized spacial score (nSPS) is 10.4. The highest BCUT2D eigenvalue weighted by Crippen LogP contribution is 2.13. The summed E-state index contributed by atoms with van der Waals surface area (Å²) < 4.78 is 1.83. The van der Waals surface area contributed by atoms with Crippen molar-refractivity contribution >= 4 is 5.95 Å². The summed E-state index contributed by atoms with van der Waals surface area (Å²) in [5, 5.41) is 0. The molecule has 0 saturated carbocycles. The highest BCUT2D eigenvalue weighted by atomic mass is 15.1. The number of hydrogen-bond donors (Lipinski definition) is 1. The van der Waals surface area contributed by atoms with Crippen LogP contribution >= 0.6 is 0 Å². The van der Waals surface area contributed by atoms with Crippen molar-refractivity contribution in [3.8, 4) is 11.5 Å². The van der Waals surface area contributed by atoms with E-state index < -0.39 is 0 Å². The lowest BCUT2D eigenvalue weighted by atomic mass is 10.4. The molecule has 0 bridgehead atoms. The molecule has 0 unspecified atom stereocenters. The van der Waals surface area contributed by atoms with Crippen molar-refractivity contribution < 1.29 is 0 Å². The zero-order chi connectivity index (χ0) is 10.1. The molecule has 2 rings (SSSR count). The van der Waals surface area contributed by atoms with Crippen molar-refractivity contribution in [1.29, 1.82) is 0 Å². The summed E-state index contributed by atoms with van der Waals surface area (Å²) in [6, 6.07) is 0. The third-order valence-corrected chi connectivity index (χ3v) is 1.81. The summed E-state index contributed by atoms with van der Waals surface area (Å²) in [7, 11) is 1.87. The van der Waals surface area contributed by atoms with E-state index in [0.29, 0.717) is 11.6 Å². The fourth-order valence-electron chi connectivity index (χ4n) is 1.19. The molecule has 0 saturated heterocycles. The molecule has 0 aliphatic rings. The second-order valence-electron chi connectivity index (χ2n) is 2.95. The summed E-state index contributed by atoms with van der Waals surface area (Å²) >= 11 is 0. The third-order valence-electron chi connectivity index (χ3n) is 1.81. The lowest BCUT2D eigenvalue weighted by Gasteiger charge is -2.01. The molecule has 0 radical (unpaired) electrons. The number of aromatic nitrogens is 5. The monoisotopic (exact) mass is 190 g/mol. The van der Waals surface area contributed by atoms with Gasteiger partial charge in [0, 0.05) is 7.05 Å². The van der Waals surface area contributed by atoms with E-state index in [4.69, 9.17) is 5.73 Å². The highest BCUT2D eigenvalue weighted by molar-refractivity contribution is 5.49. The maximum Gasteiger partial charge on any atom is 0.223 e. The Bertz CT molecular complexity index is 440. The van der Waals surface area contributed by atoms with Gasteiger partial charge < -0.3 is 10.3 Å². The van der Waals surface area contributed by atoms with E-state index in [2.05, 4.69) is 19.9 Å². The first-order valence-corrected chi connectivity index (χ1v) is 4.11. The molecular formula is C8H10N6. The summed E-state index contributed by atoms with van der Waals surface area (Å²) in [4.78, 5) is 16.1. The predicted molar refractivity (Wildman–Crippen MR) is 51.2 cm³/mol. The Balaban J connectivity index is 2.57. The average Bonchev–Trinajstić information content (AvgIpc) is 2.49. The highest BCUT2D eigenvalue weighted by Gasteiger charge is 2.07. The standard InChI is InChI=1S/C8H10N6/c1-5-11-7(13-8(9)12-5)6-3-10-4-14(6)2/h3-4H,1-2H3,(H2,9,11,12,13). The SMILES string of the molecule is Cc1nc(N)nc(-c2cncn2C)n1. The molecule has 2 heterocycles. The van der Waals surface area contributed by atoms with E-state index >= 15 is 0 Å². The van der Waals surface area contributed by atoms with Gasteiger partial charge in [-0.1, -0.05) is 0 Å². The molecule has 0 amide bonds. The fraction of sp³-hybridized carbons (Fsp3) is 0.250. The summed E-state index contributed by atoms with van der Waals surface area (Å²) in [6.07, 6.45) is 3.37. The Morgan fingerprint density at radius 2 is 2.07 bits per heavy atom. The number of anilines is 1. The molecule has 72 valence electrons. The molecule has 0 spiro atoms. The topological polar surface area (TPSA) is 82.5 Å². The number of aryl methyl sites for hydroxylation is 2. The molecule has 0 aliphatic carbocycles. The molecule has 2 aromatic heterocycles. The number of hydrogen-bond acceptors (Lipinski definition) is 5. The van der Waals surface area contributed by atoms with Crippen LogP contribution in [0, 0.1) is 6.92 Å². The molecule has 0 aliphatic heterocycles. The lowest BCUT2D eigenvalue weighted by molar-refractivity contribution is 0.896. The fourth-order valence-corrected chi connectivity index (χ4v) is 1.19. The molecule has 6 nitrogen and oxygen atoms in total. The van der Waals surface area contributed by atoms with Crippen LogP contribution in [-0.2, 0) is 7.05 Å². The van der Waals surface area contributed by atoms with Crippen molar-refractivity contribution in [3.63, 3.8) is 0 Å². The van der Waals surface area contributed by atoms with Crippen LogP contribution in [0.3, 0.4) is 0 Å². The third kappa shape index (κ3) is 1.41. The Hall–Kier alpha value is -1.98. The van der Waals surface area contributed by atoms with Crippen LogP contribution in [0.5, 0.6) is 0 Å². The van der Waals surface area contributed by atoms with Gasteiger partial charge in [0.2, 0.25) is 5.95 Å². The molecular weight excluding hydrogens is 180 g/mol. The first-order valence-electron chi connectivity index (χ1n) is 4.11. The van der Waals surface area contributed by atoms with Gasteiger partial charge in [0.1, 0.15) is 11.5 Å². The second-order valence-corrected chi connectivity index (χ2v) is 2.95. The number of rotatable bonds is 1. The van der Waals surface area contributed by atoms with Gasteiger partial charge in [-0.25, -0.2) is 9.97 Å². The Morgan fingerprint density at radius 1 is 1.29 bits per heavy atom. The number of nitrogens with two attached hydrogens (primary N) is 1. The molecule has 0 aromatic carbocycles. The van der Waals surface area contributed by atoms with E-state index in [-0.39, 0.29) is 5.95 Å². The number of nitrogen functional groups attached to an aromatic ring is 1. The van der Waals surface area contributed by atoms with Crippen LogP contribution in [0.4, 0.5) is 5.95 Å². The Morgan fingerprint density at radius 3 is 2.64 bits per heavy atom. The van der Waals surface area contributed by atoms with Crippen molar-refractivity contribution in [2.45, 2.75) is 6.92 Å². The number of imidazole rings is 1. The van der Waals surface area contributed by atoms with Gasteiger partial charge >= 0.3 is 0 Å². The Kier molecular flexibility index (Phi) is 1.88. The van der Waals surface area contributed by atoms with E-state index in [1.807, 2.05) is 11.6 Å². The quantitative estimate of drug-likeness (QED) is 0.692. The average molecular weight is 190 g/mol. The number of nitrogens with zero attached hydrogens (tertiary/aromatic N) is 5. The van der Waals surface area contributed by atoms with Crippen LogP contribution in [0.15, 0.2) is 12.5 Å². The van der Waals surface area contributed by atoms with Gasteiger partial charge in [0.15, 0.2) is 5.82 Å². The first kappa shape index (κ1) is 8.61. The smallest absolute Gasteiger partial charge is 0.223 e. The van der Waals surface area contributed by atoms with Crippen LogP contribution in [0.1, 0.15) is 5.82 Å². The van der Waals surface area contributed by atoms with Gasteiger partial charge in [-0.15, -0.1) is 0 Å². The van der Waals surface area contributed by atoms with E-state index in [9.17, 15) is 0 Å². The minimum absolute atomic E-state index is 0.230. The van der Waals surface area contributed by atoms with E-state index in [1.54, 1.807) is 19.4 Å². The maximum absolute atomic E-state index is 5.52. The van der Waals surface area contributed by atoms with Crippen molar-refractivity contribution in [3.05, 3.63) is 18.3 Å². The molecule has 14 heavy (non-hydrogen) atoms. The van der Waals surface area contributed by atoms with Crippen LogP contribution < -0.4 is 5.73 Å². The van der Waals surface area contributed by atoms with Crippen molar-refractivity contribution in [1.82, 2.24) is 24.5 Å². The van der Waals surface area contributed by atoms with Crippen LogP contribution in [0.2, 0.25) is 0 Å². The van der Waals surface area contributed by atoms with Crippen molar-refractivity contribution in [2.24, 2.45) is 7.05 Å². The molecule has 0 atom stereocenters. The Labute approximate surface area is 80.9 Å². The predicted octanol–water partition coefficient (Wildman–Crippen LogP) is 0.163. The van der Waals surface area contributed by atoms with Gasteiger partial charge in [-0.05, 0) is 6.92 Å². The van der Waals surface area contributed by atoms with Gasteiger partial charge in [0.25, 0.3) is 0 Å². The summed E-state index contributed by atoms with van der Waals surface area (Å²) in [5.41, 5.74) is 6.35. The zero-order valence-corrected chi connectivity index (χ0v) is 7.97. The van der Waals surface area contributed by atoms with Gasteiger partial charge in [-0.3, -0.25) is 0 Å². The minimum atomic E-state index is 0.230. The van der Waals surface area contributed by atoms with Crippen LogP contribution in [-0.4, -0.2) is 24.5 Å².